The van der Waals surface area contributed by atoms with Gasteiger partial charge in [-0.2, -0.15) is 10.2 Å². The SMILES string of the molecule is Cc1cnn(C)c1-c1ccc(NC(=O)[C@@H](NC(=O)c2ccnn2C)C(c2cccc(-c3cncc(N4C[C@@H]5C[C@H]4CO5)n3)c2)C2CC2)cc1. The van der Waals surface area contributed by atoms with Gasteiger partial charge in [0.05, 0.1) is 48.7 Å². The smallest absolute Gasteiger partial charge is 0.270 e. The zero-order valence-electron chi connectivity index (χ0n) is 27.8. The molecule has 0 spiro atoms. The van der Waals surface area contributed by atoms with Crippen LogP contribution in [-0.4, -0.2) is 72.7 Å². The molecule has 3 aliphatic rings. The molecule has 2 aliphatic heterocycles. The lowest BCUT2D eigenvalue weighted by Gasteiger charge is -2.29. The number of fused-ring (bicyclic) bond motifs is 2. The zero-order chi connectivity index (χ0) is 33.6. The van der Waals surface area contributed by atoms with E-state index in [0.29, 0.717) is 17.4 Å². The number of carbonyl (C=O) groups excluding carboxylic acids is 2. The normalized spacial score (nSPS) is 19.5. The van der Waals surface area contributed by atoms with E-state index in [0.717, 1.165) is 71.9 Å². The number of hydrogen-bond donors (Lipinski definition) is 2. The van der Waals surface area contributed by atoms with Gasteiger partial charge in [0.1, 0.15) is 17.6 Å². The molecule has 2 amide bonds. The third kappa shape index (κ3) is 6.08. The average Bonchev–Trinajstić information content (AvgIpc) is 3.39. The molecule has 12 heteroatoms. The average molecular weight is 658 g/mol. The molecular formula is C37H39N9O3. The van der Waals surface area contributed by atoms with Gasteiger partial charge >= 0.3 is 0 Å². The number of amides is 2. The maximum Gasteiger partial charge on any atom is 0.270 e. The molecule has 3 aromatic heterocycles. The van der Waals surface area contributed by atoms with Crippen LogP contribution in [0, 0.1) is 12.8 Å². The molecule has 1 unspecified atom stereocenters. The van der Waals surface area contributed by atoms with Gasteiger partial charge in [-0.05, 0) is 67.5 Å². The predicted molar refractivity (Wildman–Crippen MR) is 185 cm³/mol. The van der Waals surface area contributed by atoms with E-state index in [1.165, 1.54) is 4.68 Å². The Kier molecular flexibility index (Phi) is 7.95. The number of ether oxygens (including phenoxy) is 1. The number of carbonyl (C=O) groups is 2. The fraction of sp³-hybridized carbons (Fsp3) is 0.351. The number of rotatable bonds is 10. The maximum atomic E-state index is 14.3. The quantitative estimate of drug-likeness (QED) is 0.225. The second-order valence-corrected chi connectivity index (χ2v) is 13.4. The Labute approximate surface area is 284 Å². The lowest BCUT2D eigenvalue weighted by molar-refractivity contribution is -0.118. The van der Waals surface area contributed by atoms with Crippen molar-refractivity contribution in [2.75, 3.05) is 23.4 Å². The van der Waals surface area contributed by atoms with Gasteiger partial charge in [-0.3, -0.25) is 23.9 Å². The summed E-state index contributed by atoms with van der Waals surface area (Å²) in [6.45, 7) is 3.57. The minimum absolute atomic E-state index is 0.227. The van der Waals surface area contributed by atoms with Crippen molar-refractivity contribution in [2.45, 2.75) is 50.3 Å². The molecule has 4 atom stereocenters. The number of anilines is 2. The first kappa shape index (κ1) is 30.9. The van der Waals surface area contributed by atoms with Crippen LogP contribution in [0.2, 0.25) is 0 Å². The number of hydrogen-bond acceptors (Lipinski definition) is 8. The second-order valence-electron chi connectivity index (χ2n) is 13.4. The van der Waals surface area contributed by atoms with E-state index in [-0.39, 0.29) is 29.8 Å². The summed E-state index contributed by atoms with van der Waals surface area (Å²) >= 11 is 0. The molecule has 5 aromatic rings. The van der Waals surface area contributed by atoms with Crippen LogP contribution in [0.4, 0.5) is 11.5 Å². The van der Waals surface area contributed by atoms with E-state index >= 15 is 0 Å². The van der Waals surface area contributed by atoms with Gasteiger partial charge in [-0.15, -0.1) is 0 Å². The molecule has 2 aromatic carbocycles. The molecule has 8 rings (SSSR count). The molecule has 12 nitrogen and oxygen atoms in total. The highest BCUT2D eigenvalue weighted by atomic mass is 16.5. The Hall–Kier alpha value is -5.36. The first-order valence-electron chi connectivity index (χ1n) is 16.8. The lowest BCUT2D eigenvalue weighted by Crippen LogP contribution is -2.48. The van der Waals surface area contributed by atoms with Crippen LogP contribution >= 0.6 is 0 Å². The zero-order valence-corrected chi connectivity index (χ0v) is 27.8. The first-order valence-corrected chi connectivity index (χ1v) is 16.8. The highest BCUT2D eigenvalue weighted by Crippen LogP contribution is 2.45. The van der Waals surface area contributed by atoms with E-state index in [1.807, 2.05) is 73.5 Å². The highest BCUT2D eigenvalue weighted by molar-refractivity contribution is 6.01. The Morgan fingerprint density at radius 2 is 1.80 bits per heavy atom. The standard InChI is InChI=1S/C37H39N9O3/c1-22-17-40-45(3)35(22)24-9-11-27(12-10-24)41-37(48)34(43-36(47)31-13-14-39-44(31)2)33(23-7-8-23)26-6-4-5-25(15-26)30-18-38-19-32(42-30)46-20-29-16-28(46)21-49-29/h4-6,9-15,17-19,23,28-29,33-34H,7-8,16,20-21H2,1-3H3,(H,41,48)(H,43,47)/t28-,29-,33?,34-/m0/s1. The number of nitrogens with one attached hydrogen (secondary N) is 2. The van der Waals surface area contributed by atoms with Crippen LogP contribution in [0.3, 0.4) is 0 Å². The fourth-order valence-corrected chi connectivity index (χ4v) is 7.43. The number of benzene rings is 2. The van der Waals surface area contributed by atoms with Crippen molar-refractivity contribution < 1.29 is 14.3 Å². The third-order valence-corrected chi connectivity index (χ3v) is 10.0. The summed E-state index contributed by atoms with van der Waals surface area (Å²) in [6.07, 6.45) is 10.2. The van der Waals surface area contributed by atoms with Crippen LogP contribution in [0.15, 0.2) is 79.4 Å². The molecule has 49 heavy (non-hydrogen) atoms. The molecule has 1 saturated carbocycles. The molecule has 5 heterocycles. The van der Waals surface area contributed by atoms with E-state index in [2.05, 4.69) is 36.8 Å². The van der Waals surface area contributed by atoms with Crippen molar-refractivity contribution in [1.82, 2.24) is 34.8 Å². The molecule has 2 N–H and O–H groups in total. The highest BCUT2D eigenvalue weighted by Gasteiger charge is 2.42. The van der Waals surface area contributed by atoms with Crippen LogP contribution in [0.5, 0.6) is 0 Å². The summed E-state index contributed by atoms with van der Waals surface area (Å²) in [5.74, 6) is 0.172. The fourth-order valence-electron chi connectivity index (χ4n) is 7.43. The Balaban J connectivity index is 1.10. The van der Waals surface area contributed by atoms with Gasteiger partial charge < -0.3 is 20.3 Å². The van der Waals surface area contributed by atoms with Crippen molar-refractivity contribution in [3.63, 3.8) is 0 Å². The number of aryl methyl sites for hydroxylation is 3. The van der Waals surface area contributed by atoms with E-state index in [9.17, 15) is 9.59 Å². The number of aromatic nitrogens is 6. The lowest BCUT2D eigenvalue weighted by atomic mass is 9.85. The van der Waals surface area contributed by atoms with E-state index in [4.69, 9.17) is 9.72 Å². The monoisotopic (exact) mass is 657 g/mol. The van der Waals surface area contributed by atoms with Crippen LogP contribution in [-0.2, 0) is 23.6 Å². The molecule has 0 radical (unpaired) electrons. The van der Waals surface area contributed by atoms with Gasteiger partial charge in [0.15, 0.2) is 0 Å². The summed E-state index contributed by atoms with van der Waals surface area (Å²) in [5, 5.41) is 14.7. The number of morpholine rings is 1. The molecule has 250 valence electrons. The summed E-state index contributed by atoms with van der Waals surface area (Å²) in [6, 6.07) is 17.0. The Morgan fingerprint density at radius 1 is 0.959 bits per heavy atom. The van der Waals surface area contributed by atoms with Gasteiger partial charge in [-0.25, -0.2) is 4.98 Å². The molecule has 3 fully saturated rings. The molecular weight excluding hydrogens is 618 g/mol. The second kappa shape index (κ2) is 12.6. The van der Waals surface area contributed by atoms with Gasteiger partial charge in [0.2, 0.25) is 5.91 Å². The van der Waals surface area contributed by atoms with Crippen LogP contribution in [0.1, 0.15) is 46.8 Å². The predicted octanol–water partition coefficient (Wildman–Crippen LogP) is 4.49. The van der Waals surface area contributed by atoms with Crippen molar-refractivity contribution in [2.24, 2.45) is 20.0 Å². The minimum atomic E-state index is -0.846. The largest absolute Gasteiger partial charge is 0.374 e. The molecule has 2 saturated heterocycles. The summed E-state index contributed by atoms with van der Waals surface area (Å²) in [5.41, 5.74) is 6.76. The van der Waals surface area contributed by atoms with Gasteiger partial charge in [0, 0.05) is 49.6 Å². The van der Waals surface area contributed by atoms with E-state index < -0.39 is 6.04 Å². The van der Waals surface area contributed by atoms with Crippen LogP contribution < -0.4 is 15.5 Å². The van der Waals surface area contributed by atoms with Crippen molar-refractivity contribution >= 4 is 23.3 Å². The van der Waals surface area contributed by atoms with Crippen molar-refractivity contribution in [3.8, 4) is 22.5 Å². The van der Waals surface area contributed by atoms with Gasteiger partial charge in [0.25, 0.3) is 5.91 Å². The third-order valence-electron chi connectivity index (χ3n) is 10.0. The Morgan fingerprint density at radius 3 is 2.47 bits per heavy atom. The summed E-state index contributed by atoms with van der Waals surface area (Å²) in [7, 11) is 3.63. The first-order chi connectivity index (χ1) is 23.8. The number of nitrogens with zero attached hydrogens (tertiary/aromatic N) is 7. The maximum absolute atomic E-state index is 14.3. The Bertz CT molecular complexity index is 2000. The molecule has 1 aliphatic carbocycles. The van der Waals surface area contributed by atoms with E-state index in [1.54, 1.807) is 25.5 Å². The van der Waals surface area contributed by atoms with Gasteiger partial charge in [-0.1, -0.05) is 30.3 Å². The van der Waals surface area contributed by atoms with Crippen molar-refractivity contribution in [1.29, 1.82) is 0 Å². The van der Waals surface area contributed by atoms with Crippen molar-refractivity contribution in [3.05, 3.63) is 96.2 Å². The topological polar surface area (TPSA) is 132 Å². The summed E-state index contributed by atoms with van der Waals surface area (Å²) < 4.78 is 9.15. The summed E-state index contributed by atoms with van der Waals surface area (Å²) in [4.78, 5) is 39.8. The molecule has 2 bridgehead atoms. The van der Waals surface area contributed by atoms with Crippen LogP contribution in [0.25, 0.3) is 22.5 Å². The minimum Gasteiger partial charge on any atom is -0.374 e.